The van der Waals surface area contributed by atoms with Gasteiger partial charge in [0.05, 0.1) is 5.75 Å². The molecule has 0 aliphatic carbocycles. The van der Waals surface area contributed by atoms with E-state index < -0.39 is 23.2 Å². The molecule has 0 heterocycles. The molecule has 1 amide bonds. The molecule has 0 aliphatic rings. The number of hydrogen-bond acceptors (Lipinski definition) is 4. The molecule has 12 heavy (non-hydrogen) atoms. The van der Waals surface area contributed by atoms with Crippen LogP contribution in [-0.2, 0) is 9.59 Å². The van der Waals surface area contributed by atoms with E-state index in [4.69, 9.17) is 5.11 Å². The Morgan fingerprint density at radius 1 is 1.58 bits per heavy atom. The van der Waals surface area contributed by atoms with Crippen molar-refractivity contribution < 1.29 is 14.7 Å². The van der Waals surface area contributed by atoms with Crippen LogP contribution in [0.3, 0.4) is 0 Å². The molecule has 0 aromatic carbocycles. The van der Waals surface area contributed by atoms with Gasteiger partial charge in [0.1, 0.15) is 6.04 Å². The first-order valence-electron chi connectivity index (χ1n) is 3.30. The lowest BCUT2D eigenvalue weighted by Crippen LogP contribution is -2.46. The summed E-state index contributed by atoms with van der Waals surface area (Å²) in [7, 11) is 0. The fourth-order valence-electron chi connectivity index (χ4n) is 0.608. The maximum absolute atomic E-state index is 10.7. The molecule has 0 spiro atoms. The number of carbonyl (C=O) groups is 2. The smallest absolute Gasteiger partial charge is 0.327 e. The Bertz CT molecular complexity index is 184. The van der Waals surface area contributed by atoms with Gasteiger partial charge in [-0.05, 0) is 0 Å². The van der Waals surface area contributed by atoms with Crippen LogP contribution >= 0.6 is 25.3 Å². The van der Waals surface area contributed by atoms with E-state index in [-0.39, 0.29) is 5.75 Å². The summed E-state index contributed by atoms with van der Waals surface area (Å²) in [5.41, 5.74) is 0. The molecule has 2 atom stereocenters. The highest BCUT2D eigenvalue weighted by molar-refractivity contribution is 7.81. The van der Waals surface area contributed by atoms with Gasteiger partial charge in [0.2, 0.25) is 5.91 Å². The summed E-state index contributed by atoms with van der Waals surface area (Å²) < 4.78 is 0. The molecule has 0 aromatic heterocycles. The molecular weight excluding hydrogens is 198 g/mol. The monoisotopic (exact) mass is 209 g/mol. The van der Waals surface area contributed by atoms with Gasteiger partial charge in [0.15, 0.2) is 0 Å². The van der Waals surface area contributed by atoms with Gasteiger partial charge in [-0.2, -0.15) is 25.3 Å². The fraction of sp³-hybridized carbons (Fsp3) is 0.667. The molecule has 0 aromatic rings. The lowest BCUT2D eigenvalue weighted by Gasteiger charge is -2.16. The standard InChI is InChI=1S/C6H11NO3S2/c1-3(12)5(6(9)10)7-4(8)2-11/h3,5,11-12H,2H2,1H3,(H,7,8)(H,9,10). The quantitative estimate of drug-likeness (QED) is 0.485. The molecular formula is C6H11NO3S2. The second-order valence-corrected chi connectivity index (χ2v) is 3.41. The van der Waals surface area contributed by atoms with E-state index >= 15 is 0 Å². The molecule has 0 bridgehead atoms. The lowest BCUT2D eigenvalue weighted by molar-refractivity contribution is -0.141. The van der Waals surface area contributed by atoms with Gasteiger partial charge < -0.3 is 10.4 Å². The van der Waals surface area contributed by atoms with Crippen molar-refractivity contribution in [1.29, 1.82) is 0 Å². The molecule has 4 nitrogen and oxygen atoms in total. The minimum absolute atomic E-state index is 0.0235. The molecule has 2 unspecified atom stereocenters. The first-order chi connectivity index (χ1) is 5.49. The highest BCUT2D eigenvalue weighted by atomic mass is 32.1. The number of carbonyl (C=O) groups excluding carboxylic acids is 1. The Morgan fingerprint density at radius 2 is 2.08 bits per heavy atom. The van der Waals surface area contributed by atoms with E-state index in [2.05, 4.69) is 30.6 Å². The van der Waals surface area contributed by atoms with Crippen LogP contribution in [0.5, 0.6) is 0 Å². The number of carboxylic acids is 1. The maximum Gasteiger partial charge on any atom is 0.327 e. The summed E-state index contributed by atoms with van der Waals surface area (Å²) in [5, 5.41) is 10.4. The number of thiol groups is 2. The number of carboxylic acid groups (broad SMARTS) is 1. The first kappa shape index (κ1) is 11.6. The average molecular weight is 209 g/mol. The normalized spacial score (nSPS) is 14.9. The van der Waals surface area contributed by atoms with Gasteiger partial charge in [-0.25, -0.2) is 4.79 Å². The van der Waals surface area contributed by atoms with E-state index in [0.29, 0.717) is 0 Å². The summed E-state index contributed by atoms with van der Waals surface area (Å²) >= 11 is 7.62. The third-order valence-electron chi connectivity index (χ3n) is 1.21. The van der Waals surface area contributed by atoms with E-state index in [1.54, 1.807) is 6.92 Å². The molecule has 0 aliphatic heterocycles. The van der Waals surface area contributed by atoms with E-state index in [0.717, 1.165) is 0 Å². The minimum atomic E-state index is -1.09. The third-order valence-corrected chi connectivity index (χ3v) is 1.79. The molecule has 6 heteroatoms. The van der Waals surface area contributed by atoms with Gasteiger partial charge in [0, 0.05) is 5.25 Å². The summed E-state index contributed by atoms with van der Waals surface area (Å²) in [6, 6.07) is -0.951. The molecule has 0 fully saturated rings. The van der Waals surface area contributed by atoms with Crippen LogP contribution in [0.4, 0.5) is 0 Å². The highest BCUT2D eigenvalue weighted by Gasteiger charge is 2.23. The van der Waals surface area contributed by atoms with Gasteiger partial charge in [-0.1, -0.05) is 6.92 Å². The summed E-state index contributed by atoms with van der Waals surface area (Å²) in [5.74, 6) is -1.52. The molecule has 0 rings (SSSR count). The Hall–Kier alpha value is -0.360. The summed E-state index contributed by atoms with van der Waals surface area (Å²) in [4.78, 5) is 21.3. The fourth-order valence-corrected chi connectivity index (χ4v) is 0.901. The van der Waals surface area contributed by atoms with Crippen LogP contribution in [0.2, 0.25) is 0 Å². The predicted octanol–water partition coefficient (Wildman–Crippen LogP) is -0.196. The van der Waals surface area contributed by atoms with Crippen molar-refractivity contribution in [2.24, 2.45) is 0 Å². The molecule has 70 valence electrons. The molecule has 2 N–H and O–H groups in total. The molecule has 0 saturated heterocycles. The summed E-state index contributed by atoms with van der Waals surface area (Å²) in [6.07, 6.45) is 0. The number of rotatable bonds is 4. The van der Waals surface area contributed by atoms with Crippen LogP contribution in [0.1, 0.15) is 6.92 Å². The Labute approximate surface area is 81.5 Å². The average Bonchev–Trinajstić information content (AvgIpc) is 1.98. The van der Waals surface area contributed by atoms with Crippen molar-refractivity contribution in [3.8, 4) is 0 Å². The van der Waals surface area contributed by atoms with Gasteiger partial charge in [-0.3, -0.25) is 4.79 Å². The minimum Gasteiger partial charge on any atom is -0.480 e. The lowest BCUT2D eigenvalue weighted by atomic mass is 10.2. The zero-order chi connectivity index (χ0) is 9.72. The van der Waals surface area contributed by atoms with E-state index in [1.165, 1.54) is 0 Å². The van der Waals surface area contributed by atoms with Crippen LogP contribution in [-0.4, -0.2) is 34.0 Å². The van der Waals surface area contributed by atoms with Gasteiger partial charge >= 0.3 is 5.97 Å². The molecule has 0 saturated carbocycles. The summed E-state index contributed by atoms with van der Waals surface area (Å²) in [6.45, 7) is 1.60. The van der Waals surface area contributed by atoms with Gasteiger partial charge in [-0.15, -0.1) is 0 Å². The largest absolute Gasteiger partial charge is 0.480 e. The zero-order valence-electron chi connectivity index (χ0n) is 6.52. The number of amides is 1. The first-order valence-corrected chi connectivity index (χ1v) is 4.45. The zero-order valence-corrected chi connectivity index (χ0v) is 8.31. The Kier molecular flexibility index (Phi) is 5.16. The number of hydrogen-bond donors (Lipinski definition) is 4. The van der Waals surface area contributed by atoms with Gasteiger partial charge in [0.25, 0.3) is 0 Å². The highest BCUT2D eigenvalue weighted by Crippen LogP contribution is 2.01. The van der Waals surface area contributed by atoms with Crippen LogP contribution in [0.25, 0.3) is 0 Å². The predicted molar refractivity (Wildman–Crippen MR) is 51.9 cm³/mol. The van der Waals surface area contributed by atoms with Crippen molar-refractivity contribution in [2.45, 2.75) is 18.2 Å². The van der Waals surface area contributed by atoms with E-state index in [9.17, 15) is 9.59 Å². The van der Waals surface area contributed by atoms with Crippen molar-refractivity contribution in [1.82, 2.24) is 5.32 Å². The molecule has 0 radical (unpaired) electrons. The van der Waals surface area contributed by atoms with Crippen molar-refractivity contribution in [2.75, 3.05) is 5.75 Å². The van der Waals surface area contributed by atoms with Crippen molar-refractivity contribution in [3.63, 3.8) is 0 Å². The third kappa shape index (κ3) is 3.87. The van der Waals surface area contributed by atoms with Crippen LogP contribution < -0.4 is 5.32 Å². The van der Waals surface area contributed by atoms with Crippen molar-refractivity contribution >= 4 is 37.1 Å². The SMILES string of the molecule is CC(S)C(NC(=O)CS)C(=O)O. The number of aliphatic carboxylic acids is 1. The van der Waals surface area contributed by atoms with E-state index in [1.807, 2.05) is 0 Å². The Morgan fingerprint density at radius 3 is 2.33 bits per heavy atom. The Balaban J connectivity index is 4.14. The maximum atomic E-state index is 10.7. The topological polar surface area (TPSA) is 66.4 Å². The van der Waals surface area contributed by atoms with Crippen molar-refractivity contribution in [3.05, 3.63) is 0 Å². The number of nitrogens with one attached hydrogen (secondary N) is 1. The van der Waals surface area contributed by atoms with Crippen LogP contribution in [0, 0.1) is 0 Å². The second-order valence-electron chi connectivity index (χ2n) is 2.28. The second kappa shape index (κ2) is 5.31. The van der Waals surface area contributed by atoms with Crippen LogP contribution in [0.15, 0.2) is 0 Å².